The monoisotopic (exact) mass is 360 g/mol. The molecule has 2 rings (SSSR count). The molecule has 92 valence electrons. The van der Waals surface area contributed by atoms with Crippen molar-refractivity contribution in [2.24, 2.45) is 4.99 Å². The Morgan fingerprint density at radius 1 is 1.41 bits per heavy atom. The van der Waals surface area contributed by atoms with Crippen molar-refractivity contribution in [2.75, 3.05) is 11.1 Å². The van der Waals surface area contributed by atoms with Crippen LogP contribution in [0.1, 0.15) is 25.8 Å². The number of nitrogens with zero attached hydrogens (tertiary/aromatic N) is 1. The Morgan fingerprint density at radius 3 is 2.88 bits per heavy atom. The lowest BCUT2D eigenvalue weighted by Gasteiger charge is -2.26. The van der Waals surface area contributed by atoms with Gasteiger partial charge in [0.05, 0.1) is 5.54 Å². The Morgan fingerprint density at radius 2 is 2.18 bits per heavy atom. The van der Waals surface area contributed by atoms with Crippen molar-refractivity contribution in [3.8, 4) is 0 Å². The molecule has 4 heteroatoms. The fourth-order valence-corrected chi connectivity index (χ4v) is 3.45. The Labute approximate surface area is 121 Å². The summed E-state index contributed by atoms with van der Waals surface area (Å²) in [5.41, 5.74) is 2.50. The third kappa shape index (κ3) is 3.61. The van der Waals surface area contributed by atoms with E-state index in [2.05, 4.69) is 66.9 Å². The summed E-state index contributed by atoms with van der Waals surface area (Å²) in [6.07, 6.45) is 1.15. The Balaban J connectivity index is 2.21. The second-order valence-corrected chi connectivity index (χ2v) is 7.24. The molecule has 2 nitrogen and oxygen atoms in total. The van der Waals surface area contributed by atoms with Gasteiger partial charge in [0.1, 0.15) is 0 Å². The van der Waals surface area contributed by atoms with E-state index in [1.807, 2.05) is 11.8 Å². The highest BCUT2D eigenvalue weighted by atomic mass is 127. The van der Waals surface area contributed by atoms with Crippen LogP contribution in [0.4, 0.5) is 5.69 Å². The number of aliphatic imine (C=N–C) groups is 1. The van der Waals surface area contributed by atoms with Gasteiger partial charge in [0, 0.05) is 15.0 Å². The van der Waals surface area contributed by atoms with E-state index in [4.69, 9.17) is 4.99 Å². The van der Waals surface area contributed by atoms with Crippen molar-refractivity contribution in [3.05, 3.63) is 27.3 Å². The van der Waals surface area contributed by atoms with Gasteiger partial charge in [-0.3, -0.25) is 4.99 Å². The zero-order valence-electron chi connectivity index (χ0n) is 10.4. The van der Waals surface area contributed by atoms with Crippen LogP contribution in [0.5, 0.6) is 0 Å². The molecule has 1 heterocycles. The van der Waals surface area contributed by atoms with Crippen molar-refractivity contribution in [3.63, 3.8) is 0 Å². The molecule has 0 spiro atoms. The van der Waals surface area contributed by atoms with Crippen LogP contribution in [0.25, 0.3) is 0 Å². The van der Waals surface area contributed by atoms with Crippen LogP contribution in [0.3, 0.4) is 0 Å². The van der Waals surface area contributed by atoms with Crippen LogP contribution in [-0.4, -0.2) is 16.5 Å². The quantitative estimate of drug-likeness (QED) is 0.756. The minimum Gasteiger partial charge on any atom is -0.335 e. The number of benzene rings is 1. The highest BCUT2D eigenvalue weighted by molar-refractivity contribution is 14.1. The normalized spacial score (nSPS) is 18.7. The van der Waals surface area contributed by atoms with E-state index in [1.54, 1.807) is 0 Å². The molecule has 1 aromatic rings. The largest absolute Gasteiger partial charge is 0.335 e. The van der Waals surface area contributed by atoms with E-state index in [9.17, 15) is 0 Å². The van der Waals surface area contributed by atoms with Gasteiger partial charge in [0.25, 0.3) is 0 Å². The summed E-state index contributed by atoms with van der Waals surface area (Å²) in [7, 11) is 0. The van der Waals surface area contributed by atoms with Crippen molar-refractivity contribution in [1.82, 2.24) is 0 Å². The number of hydrogen-bond donors (Lipinski definition) is 1. The number of anilines is 1. The van der Waals surface area contributed by atoms with Crippen molar-refractivity contribution in [1.29, 1.82) is 0 Å². The van der Waals surface area contributed by atoms with E-state index < -0.39 is 0 Å². The smallest absolute Gasteiger partial charge is 0.161 e. The standard InChI is InChI=1S/C13H17IN2S/c1-9-4-5-10(14)8-11(9)15-12-16-13(2,3)6-7-17-12/h4-5,8H,6-7H2,1-3H3,(H,15,16). The molecule has 1 aromatic carbocycles. The number of rotatable bonds is 1. The predicted molar refractivity (Wildman–Crippen MR) is 86.1 cm³/mol. The number of amidine groups is 1. The number of hydrogen-bond acceptors (Lipinski definition) is 3. The van der Waals surface area contributed by atoms with Gasteiger partial charge < -0.3 is 5.32 Å². The molecule has 0 atom stereocenters. The lowest BCUT2D eigenvalue weighted by molar-refractivity contribution is 0.507. The first-order valence-corrected chi connectivity index (χ1v) is 7.78. The maximum atomic E-state index is 4.75. The Bertz CT molecular complexity index is 455. The molecule has 0 saturated heterocycles. The molecule has 1 aliphatic rings. The fourth-order valence-electron chi connectivity index (χ4n) is 1.67. The third-order valence-corrected chi connectivity index (χ3v) is 4.34. The molecule has 0 radical (unpaired) electrons. The number of aryl methyl sites for hydroxylation is 1. The van der Waals surface area contributed by atoms with Gasteiger partial charge in [-0.15, -0.1) is 0 Å². The van der Waals surface area contributed by atoms with E-state index in [-0.39, 0.29) is 5.54 Å². The SMILES string of the molecule is Cc1ccc(I)cc1NC1=NC(C)(C)CCS1. The number of thioether (sulfide) groups is 1. The highest BCUT2D eigenvalue weighted by Crippen LogP contribution is 2.28. The van der Waals surface area contributed by atoms with Crippen LogP contribution < -0.4 is 5.32 Å². The van der Waals surface area contributed by atoms with E-state index in [0.717, 1.165) is 17.3 Å². The topological polar surface area (TPSA) is 24.4 Å². The first-order chi connectivity index (χ1) is 7.96. The zero-order chi connectivity index (χ0) is 12.5. The molecule has 0 bridgehead atoms. The summed E-state index contributed by atoms with van der Waals surface area (Å²) in [5, 5.41) is 4.50. The number of halogens is 1. The van der Waals surface area contributed by atoms with Gasteiger partial charge in [-0.05, 0) is 67.5 Å². The van der Waals surface area contributed by atoms with Crippen molar-refractivity contribution >= 4 is 45.2 Å². The average Bonchev–Trinajstić information content (AvgIpc) is 2.22. The van der Waals surface area contributed by atoms with Gasteiger partial charge in [-0.1, -0.05) is 17.8 Å². The van der Waals surface area contributed by atoms with Gasteiger partial charge in [-0.2, -0.15) is 0 Å². The second kappa shape index (κ2) is 5.18. The average molecular weight is 360 g/mol. The van der Waals surface area contributed by atoms with Crippen LogP contribution >= 0.6 is 34.4 Å². The maximum Gasteiger partial charge on any atom is 0.161 e. The lowest BCUT2D eigenvalue weighted by atomic mass is 10.0. The fraction of sp³-hybridized carbons (Fsp3) is 0.462. The van der Waals surface area contributed by atoms with Gasteiger partial charge in [0.15, 0.2) is 5.17 Å². The van der Waals surface area contributed by atoms with Crippen LogP contribution in [0.15, 0.2) is 23.2 Å². The first kappa shape index (κ1) is 13.2. The summed E-state index contributed by atoms with van der Waals surface area (Å²) < 4.78 is 1.25. The van der Waals surface area contributed by atoms with Gasteiger partial charge >= 0.3 is 0 Å². The van der Waals surface area contributed by atoms with Gasteiger partial charge in [-0.25, -0.2) is 0 Å². The van der Waals surface area contributed by atoms with Crippen molar-refractivity contribution < 1.29 is 0 Å². The molecule has 17 heavy (non-hydrogen) atoms. The summed E-state index contributed by atoms with van der Waals surface area (Å²) in [5.74, 6) is 1.14. The van der Waals surface area contributed by atoms with E-state index in [1.165, 1.54) is 14.8 Å². The van der Waals surface area contributed by atoms with Crippen molar-refractivity contribution in [2.45, 2.75) is 32.7 Å². The molecule has 0 saturated carbocycles. The van der Waals surface area contributed by atoms with E-state index >= 15 is 0 Å². The molecular weight excluding hydrogens is 343 g/mol. The predicted octanol–water partition coefficient (Wildman–Crippen LogP) is 4.28. The summed E-state index contributed by atoms with van der Waals surface area (Å²) in [6, 6.07) is 6.44. The van der Waals surface area contributed by atoms with Crippen LogP contribution in [0, 0.1) is 10.5 Å². The molecule has 0 aromatic heterocycles. The van der Waals surface area contributed by atoms with E-state index in [0.29, 0.717) is 0 Å². The van der Waals surface area contributed by atoms with Crippen LogP contribution in [0.2, 0.25) is 0 Å². The molecular formula is C13H17IN2S. The summed E-state index contributed by atoms with van der Waals surface area (Å²) >= 11 is 4.15. The van der Waals surface area contributed by atoms with Crippen LogP contribution in [-0.2, 0) is 0 Å². The number of nitrogens with one attached hydrogen (secondary N) is 1. The Hall–Kier alpha value is -0.230. The molecule has 1 N–H and O–H groups in total. The zero-order valence-corrected chi connectivity index (χ0v) is 13.4. The first-order valence-electron chi connectivity index (χ1n) is 5.72. The molecule has 0 fully saturated rings. The lowest BCUT2D eigenvalue weighted by Crippen LogP contribution is -2.27. The molecule has 0 aliphatic carbocycles. The maximum absolute atomic E-state index is 4.75. The molecule has 0 amide bonds. The molecule has 0 unspecified atom stereocenters. The third-order valence-electron chi connectivity index (χ3n) is 2.80. The molecule has 1 aliphatic heterocycles. The minimum absolute atomic E-state index is 0.0728. The summed E-state index contributed by atoms with van der Waals surface area (Å²) in [4.78, 5) is 4.75. The minimum atomic E-state index is 0.0728. The second-order valence-electron chi connectivity index (χ2n) is 4.91. The van der Waals surface area contributed by atoms with Gasteiger partial charge in [0.2, 0.25) is 0 Å². The highest BCUT2D eigenvalue weighted by Gasteiger charge is 2.22. The summed E-state index contributed by atoms with van der Waals surface area (Å²) in [6.45, 7) is 6.50. The Kier molecular flexibility index (Phi) is 4.02.